The van der Waals surface area contributed by atoms with Gasteiger partial charge in [-0.05, 0) is 31.9 Å². The first kappa shape index (κ1) is 13.6. The molecular weight excluding hydrogens is 258 g/mol. The molecule has 1 spiro atoms. The summed E-state index contributed by atoms with van der Waals surface area (Å²) in [6.45, 7) is 6.35. The van der Waals surface area contributed by atoms with Crippen LogP contribution in [-0.4, -0.2) is 43.4 Å². The Morgan fingerprint density at radius 1 is 1.42 bits per heavy atom. The smallest absolute Gasteiger partial charge is 0.0832 e. The molecule has 2 aliphatic heterocycles. The second-order valence-electron chi connectivity index (χ2n) is 5.84. The van der Waals surface area contributed by atoms with Gasteiger partial charge in [0.05, 0.1) is 18.3 Å². The highest BCUT2D eigenvalue weighted by molar-refractivity contribution is 7.11. The normalized spacial score (nSPS) is 27.2. The van der Waals surface area contributed by atoms with E-state index in [1.807, 2.05) is 11.3 Å². The fraction of sp³-hybridized carbons (Fsp3) is 0.733. The fourth-order valence-corrected chi connectivity index (χ4v) is 4.14. The van der Waals surface area contributed by atoms with Crippen molar-refractivity contribution in [2.24, 2.45) is 0 Å². The van der Waals surface area contributed by atoms with Crippen molar-refractivity contribution < 1.29 is 9.47 Å². The molecular formula is C15H23NO2S. The first-order valence-electron chi connectivity index (χ1n) is 7.14. The minimum atomic E-state index is 0.114. The lowest BCUT2D eigenvalue weighted by Crippen LogP contribution is -2.43. The first-order chi connectivity index (χ1) is 9.19. The summed E-state index contributed by atoms with van der Waals surface area (Å²) in [5.41, 5.74) is 0.114. The molecule has 2 fully saturated rings. The summed E-state index contributed by atoms with van der Waals surface area (Å²) in [6.07, 6.45) is 3.69. The minimum absolute atomic E-state index is 0.114. The average molecular weight is 281 g/mol. The van der Waals surface area contributed by atoms with E-state index >= 15 is 0 Å². The summed E-state index contributed by atoms with van der Waals surface area (Å²) in [6, 6.07) is 4.48. The number of hydrogen-bond acceptors (Lipinski definition) is 4. The molecule has 0 bridgehead atoms. The van der Waals surface area contributed by atoms with Gasteiger partial charge in [-0.25, -0.2) is 0 Å². The van der Waals surface area contributed by atoms with Gasteiger partial charge in [-0.15, -0.1) is 11.3 Å². The summed E-state index contributed by atoms with van der Waals surface area (Å²) < 4.78 is 11.5. The van der Waals surface area contributed by atoms with Crippen molar-refractivity contribution in [2.75, 3.05) is 26.8 Å². The number of rotatable bonds is 3. The van der Waals surface area contributed by atoms with E-state index < -0.39 is 0 Å². The van der Waals surface area contributed by atoms with Gasteiger partial charge in [0.15, 0.2) is 0 Å². The van der Waals surface area contributed by atoms with Crippen molar-refractivity contribution in [3.05, 3.63) is 21.9 Å². The van der Waals surface area contributed by atoms with Gasteiger partial charge >= 0.3 is 0 Å². The van der Waals surface area contributed by atoms with Gasteiger partial charge < -0.3 is 9.47 Å². The zero-order valence-electron chi connectivity index (χ0n) is 11.9. The topological polar surface area (TPSA) is 21.7 Å². The molecule has 106 valence electrons. The predicted molar refractivity (Wildman–Crippen MR) is 77.7 cm³/mol. The maximum absolute atomic E-state index is 6.04. The van der Waals surface area contributed by atoms with E-state index in [1.165, 1.54) is 9.75 Å². The molecule has 0 N–H and O–H groups in total. The summed E-state index contributed by atoms with van der Waals surface area (Å²) in [7, 11) is 1.79. The Kier molecular flexibility index (Phi) is 3.94. The molecule has 0 aliphatic carbocycles. The largest absolute Gasteiger partial charge is 0.379 e. The number of aryl methyl sites for hydroxylation is 1. The molecule has 0 amide bonds. The lowest BCUT2D eigenvalue weighted by Gasteiger charge is -2.38. The molecule has 1 aromatic rings. The number of likely N-dealkylation sites (tertiary alicyclic amines) is 1. The van der Waals surface area contributed by atoms with E-state index in [0.29, 0.717) is 6.10 Å². The SMILES string of the molecule is CO[C@@H]1COC2(CCN(Cc3ccc(C)s3)CC2)C1. The third-order valence-electron chi connectivity index (χ3n) is 4.45. The summed E-state index contributed by atoms with van der Waals surface area (Å²) in [4.78, 5) is 5.45. The monoisotopic (exact) mass is 281 g/mol. The fourth-order valence-electron chi connectivity index (χ4n) is 3.21. The Labute approximate surface area is 119 Å². The van der Waals surface area contributed by atoms with Crippen LogP contribution < -0.4 is 0 Å². The Morgan fingerprint density at radius 2 is 2.21 bits per heavy atom. The standard InChI is InChI=1S/C15H23NO2S/c1-12-3-4-14(19-12)10-16-7-5-15(6-8-16)9-13(17-2)11-18-15/h3-4,13H,5-11H2,1-2H3/t13-/m0/s1. The van der Waals surface area contributed by atoms with E-state index in [2.05, 4.69) is 24.0 Å². The van der Waals surface area contributed by atoms with Crippen molar-refractivity contribution in [3.8, 4) is 0 Å². The molecule has 3 heterocycles. The van der Waals surface area contributed by atoms with Crippen LogP contribution in [0.25, 0.3) is 0 Å². The minimum Gasteiger partial charge on any atom is -0.379 e. The molecule has 0 saturated carbocycles. The van der Waals surface area contributed by atoms with Crippen molar-refractivity contribution in [1.82, 2.24) is 4.90 Å². The summed E-state index contributed by atoms with van der Waals surface area (Å²) in [5.74, 6) is 0. The Morgan fingerprint density at radius 3 is 2.79 bits per heavy atom. The molecule has 3 nitrogen and oxygen atoms in total. The van der Waals surface area contributed by atoms with Crippen molar-refractivity contribution in [3.63, 3.8) is 0 Å². The summed E-state index contributed by atoms with van der Waals surface area (Å²) >= 11 is 1.92. The van der Waals surface area contributed by atoms with Crippen LogP contribution in [0.1, 0.15) is 29.0 Å². The van der Waals surface area contributed by atoms with Crippen LogP contribution in [-0.2, 0) is 16.0 Å². The molecule has 19 heavy (non-hydrogen) atoms. The van der Waals surface area contributed by atoms with Crippen LogP contribution in [0, 0.1) is 6.92 Å². The van der Waals surface area contributed by atoms with E-state index in [4.69, 9.17) is 9.47 Å². The predicted octanol–water partition coefficient (Wildman–Crippen LogP) is 2.83. The first-order valence-corrected chi connectivity index (χ1v) is 7.95. The Hall–Kier alpha value is -0.420. The molecule has 0 radical (unpaired) electrons. The van der Waals surface area contributed by atoms with E-state index in [0.717, 1.165) is 45.5 Å². The maximum Gasteiger partial charge on any atom is 0.0832 e. The third-order valence-corrected chi connectivity index (χ3v) is 5.44. The number of nitrogens with zero attached hydrogens (tertiary/aromatic N) is 1. The van der Waals surface area contributed by atoms with E-state index in [-0.39, 0.29) is 5.60 Å². The van der Waals surface area contributed by atoms with Gasteiger partial charge in [0, 0.05) is 42.9 Å². The molecule has 2 saturated heterocycles. The molecule has 1 atom stereocenters. The zero-order chi connectivity index (χ0) is 13.3. The highest BCUT2D eigenvalue weighted by Crippen LogP contribution is 2.37. The lowest BCUT2D eigenvalue weighted by molar-refractivity contribution is -0.0458. The molecule has 4 heteroatoms. The quantitative estimate of drug-likeness (QED) is 0.850. The second kappa shape index (κ2) is 5.52. The van der Waals surface area contributed by atoms with Crippen LogP contribution in [0.4, 0.5) is 0 Å². The van der Waals surface area contributed by atoms with Crippen LogP contribution in [0.3, 0.4) is 0 Å². The van der Waals surface area contributed by atoms with Gasteiger partial charge in [-0.2, -0.15) is 0 Å². The molecule has 0 unspecified atom stereocenters. The van der Waals surface area contributed by atoms with Gasteiger partial charge in [0.25, 0.3) is 0 Å². The Bertz CT molecular complexity index is 424. The zero-order valence-corrected chi connectivity index (χ0v) is 12.7. The second-order valence-corrected chi connectivity index (χ2v) is 7.22. The van der Waals surface area contributed by atoms with Crippen LogP contribution >= 0.6 is 11.3 Å². The van der Waals surface area contributed by atoms with Gasteiger partial charge in [-0.3, -0.25) is 4.90 Å². The number of thiophene rings is 1. The third kappa shape index (κ3) is 3.02. The van der Waals surface area contributed by atoms with Crippen LogP contribution in [0.5, 0.6) is 0 Å². The van der Waals surface area contributed by atoms with Crippen molar-refractivity contribution >= 4 is 11.3 Å². The molecule has 3 rings (SSSR count). The molecule has 2 aliphatic rings. The molecule has 0 aromatic carbocycles. The van der Waals surface area contributed by atoms with E-state index in [1.54, 1.807) is 7.11 Å². The maximum atomic E-state index is 6.04. The van der Waals surface area contributed by atoms with Crippen LogP contribution in [0.15, 0.2) is 12.1 Å². The lowest BCUT2D eigenvalue weighted by atomic mass is 9.88. The highest BCUT2D eigenvalue weighted by atomic mass is 32.1. The van der Waals surface area contributed by atoms with E-state index in [9.17, 15) is 0 Å². The van der Waals surface area contributed by atoms with Crippen molar-refractivity contribution in [1.29, 1.82) is 0 Å². The number of piperidine rings is 1. The number of methoxy groups -OCH3 is 1. The van der Waals surface area contributed by atoms with Gasteiger partial charge in [-0.1, -0.05) is 0 Å². The average Bonchev–Trinajstić information content (AvgIpc) is 3.00. The number of ether oxygens (including phenoxy) is 2. The number of hydrogen-bond donors (Lipinski definition) is 0. The van der Waals surface area contributed by atoms with Gasteiger partial charge in [0.1, 0.15) is 0 Å². The van der Waals surface area contributed by atoms with Crippen molar-refractivity contribution in [2.45, 2.75) is 44.4 Å². The van der Waals surface area contributed by atoms with Crippen LogP contribution in [0.2, 0.25) is 0 Å². The summed E-state index contributed by atoms with van der Waals surface area (Å²) in [5, 5.41) is 0. The Balaban J connectivity index is 1.52. The highest BCUT2D eigenvalue weighted by Gasteiger charge is 2.42. The molecule has 1 aromatic heterocycles. The van der Waals surface area contributed by atoms with Gasteiger partial charge in [0.2, 0.25) is 0 Å².